The van der Waals surface area contributed by atoms with Gasteiger partial charge in [0.1, 0.15) is 0 Å². The Hall–Kier alpha value is 0.247. The lowest BCUT2D eigenvalue weighted by atomic mass is 10.4. The van der Waals surface area contributed by atoms with Crippen molar-refractivity contribution in [2.24, 2.45) is 0 Å². The van der Waals surface area contributed by atoms with E-state index in [1.165, 1.54) is 0 Å². The molecular weight excluding hydrogens is 160 g/mol. The molecule has 0 aliphatic heterocycles. The third-order valence-electron chi connectivity index (χ3n) is 2.32. The summed E-state index contributed by atoms with van der Waals surface area (Å²) in [4.78, 5) is -0.00945. The van der Waals surface area contributed by atoms with Crippen LogP contribution in [0.4, 0.5) is 0 Å². The topological polar surface area (TPSA) is 0 Å². The van der Waals surface area contributed by atoms with Crippen LogP contribution in [0.5, 0.6) is 0 Å². The van der Waals surface area contributed by atoms with Gasteiger partial charge in [0.05, 0.1) is 4.87 Å². The van der Waals surface area contributed by atoms with Gasteiger partial charge in [-0.05, 0) is 12.0 Å². The standard InChI is InChI=1S/C8H15ClSi/c1-5-8(9)6-7(8)10(2,3)4/h5,7H,1,6H2,2-4H3. The van der Waals surface area contributed by atoms with Crippen LogP contribution in [0.25, 0.3) is 0 Å². The zero-order valence-corrected chi connectivity index (χ0v) is 8.70. The second-order valence-electron chi connectivity index (χ2n) is 4.25. The van der Waals surface area contributed by atoms with Gasteiger partial charge in [0.25, 0.3) is 0 Å². The Kier molecular flexibility index (Phi) is 1.76. The van der Waals surface area contributed by atoms with E-state index in [-0.39, 0.29) is 4.87 Å². The van der Waals surface area contributed by atoms with Gasteiger partial charge < -0.3 is 0 Å². The highest BCUT2D eigenvalue weighted by molar-refractivity contribution is 6.80. The predicted octanol–water partition coefficient (Wildman–Crippen LogP) is 3.26. The van der Waals surface area contributed by atoms with Crippen molar-refractivity contribution < 1.29 is 0 Å². The van der Waals surface area contributed by atoms with Crippen LogP contribution in [-0.2, 0) is 0 Å². The molecule has 1 fully saturated rings. The maximum Gasteiger partial charge on any atom is 0.0629 e. The Labute approximate surface area is 69.3 Å². The fourth-order valence-corrected chi connectivity index (χ4v) is 5.28. The van der Waals surface area contributed by atoms with Crippen LogP contribution in [0.2, 0.25) is 25.2 Å². The van der Waals surface area contributed by atoms with Crippen LogP contribution < -0.4 is 0 Å². The Morgan fingerprint density at radius 2 is 2.10 bits per heavy atom. The second kappa shape index (κ2) is 2.11. The van der Waals surface area contributed by atoms with Crippen LogP contribution in [0.1, 0.15) is 6.42 Å². The van der Waals surface area contributed by atoms with Crippen molar-refractivity contribution >= 4 is 19.7 Å². The molecule has 2 heteroatoms. The lowest BCUT2D eigenvalue weighted by molar-refractivity contribution is 1.15. The van der Waals surface area contributed by atoms with Crippen molar-refractivity contribution in [1.82, 2.24) is 0 Å². The van der Waals surface area contributed by atoms with Crippen molar-refractivity contribution in [1.29, 1.82) is 0 Å². The van der Waals surface area contributed by atoms with Gasteiger partial charge in [0.2, 0.25) is 0 Å². The molecule has 0 radical (unpaired) electrons. The van der Waals surface area contributed by atoms with Crippen molar-refractivity contribution in [3.8, 4) is 0 Å². The van der Waals surface area contributed by atoms with Crippen LogP contribution in [0, 0.1) is 0 Å². The summed E-state index contributed by atoms with van der Waals surface area (Å²) in [7, 11) is -0.983. The molecule has 1 saturated carbocycles. The quantitative estimate of drug-likeness (QED) is 0.343. The highest BCUT2D eigenvalue weighted by Crippen LogP contribution is 2.60. The van der Waals surface area contributed by atoms with E-state index >= 15 is 0 Å². The number of hydrogen-bond donors (Lipinski definition) is 0. The average Bonchev–Trinajstić information content (AvgIpc) is 2.43. The van der Waals surface area contributed by atoms with Crippen LogP contribution >= 0.6 is 11.6 Å². The molecule has 0 heterocycles. The first-order valence-corrected chi connectivity index (χ1v) is 7.68. The molecule has 0 amide bonds. The van der Waals surface area contributed by atoms with Gasteiger partial charge in [-0.1, -0.05) is 25.7 Å². The Morgan fingerprint density at radius 3 is 2.20 bits per heavy atom. The number of alkyl halides is 1. The van der Waals surface area contributed by atoms with Gasteiger partial charge in [0.15, 0.2) is 0 Å². The fraction of sp³-hybridized carbons (Fsp3) is 0.750. The van der Waals surface area contributed by atoms with E-state index in [2.05, 4.69) is 26.2 Å². The molecule has 1 aliphatic rings. The number of halogens is 1. The van der Waals surface area contributed by atoms with Crippen LogP contribution in [0.15, 0.2) is 12.7 Å². The Bertz CT molecular complexity index is 159. The molecule has 0 aromatic rings. The van der Waals surface area contributed by atoms with Crippen molar-refractivity contribution in [2.75, 3.05) is 0 Å². The van der Waals surface area contributed by atoms with Crippen LogP contribution in [0.3, 0.4) is 0 Å². The molecule has 10 heavy (non-hydrogen) atoms. The Balaban J connectivity index is 2.61. The van der Waals surface area contributed by atoms with E-state index in [1.54, 1.807) is 0 Å². The van der Waals surface area contributed by atoms with E-state index in [0.717, 1.165) is 12.0 Å². The molecule has 0 bridgehead atoms. The van der Waals surface area contributed by atoms with E-state index < -0.39 is 8.07 Å². The highest BCUT2D eigenvalue weighted by atomic mass is 35.5. The van der Waals surface area contributed by atoms with E-state index in [4.69, 9.17) is 11.6 Å². The summed E-state index contributed by atoms with van der Waals surface area (Å²) < 4.78 is 0. The maximum absolute atomic E-state index is 6.20. The molecule has 2 atom stereocenters. The zero-order valence-electron chi connectivity index (χ0n) is 6.95. The summed E-state index contributed by atoms with van der Waals surface area (Å²) in [6, 6.07) is 0. The third-order valence-corrected chi connectivity index (χ3v) is 5.89. The van der Waals surface area contributed by atoms with E-state index in [9.17, 15) is 0 Å². The van der Waals surface area contributed by atoms with Gasteiger partial charge in [-0.2, -0.15) is 0 Å². The lowest BCUT2D eigenvalue weighted by Gasteiger charge is -2.16. The second-order valence-corrected chi connectivity index (χ2v) is 10.4. The smallest absolute Gasteiger partial charge is 0.0629 e. The maximum atomic E-state index is 6.20. The first-order valence-electron chi connectivity index (χ1n) is 3.73. The van der Waals surface area contributed by atoms with Crippen molar-refractivity contribution in [3.05, 3.63) is 12.7 Å². The first-order chi connectivity index (χ1) is 4.40. The SMILES string of the molecule is C=CC1(Cl)CC1[Si](C)(C)C. The van der Waals surface area contributed by atoms with Gasteiger partial charge in [-0.15, -0.1) is 18.2 Å². The summed E-state index contributed by atoms with van der Waals surface area (Å²) >= 11 is 6.20. The van der Waals surface area contributed by atoms with Crippen molar-refractivity contribution in [2.45, 2.75) is 36.5 Å². The molecule has 1 aliphatic carbocycles. The summed E-state index contributed by atoms with van der Waals surface area (Å²) in [5.41, 5.74) is 0.763. The van der Waals surface area contributed by atoms with Crippen molar-refractivity contribution in [3.63, 3.8) is 0 Å². The molecule has 0 spiro atoms. The molecule has 0 nitrogen and oxygen atoms in total. The summed E-state index contributed by atoms with van der Waals surface area (Å²) in [6.45, 7) is 10.8. The largest absolute Gasteiger partial charge is 0.115 e. The molecule has 0 aromatic heterocycles. The molecule has 0 aromatic carbocycles. The normalized spacial score (nSPS) is 39.4. The summed E-state index contributed by atoms with van der Waals surface area (Å²) in [6.07, 6.45) is 3.07. The first kappa shape index (κ1) is 8.34. The Morgan fingerprint density at radius 1 is 1.60 bits per heavy atom. The van der Waals surface area contributed by atoms with Gasteiger partial charge in [0, 0.05) is 8.07 Å². The molecule has 1 rings (SSSR count). The highest BCUT2D eigenvalue weighted by Gasteiger charge is 2.56. The summed E-state index contributed by atoms with van der Waals surface area (Å²) in [5.74, 6) is 0. The van der Waals surface area contributed by atoms with Crippen LogP contribution in [-0.4, -0.2) is 12.9 Å². The number of rotatable bonds is 2. The average molecular weight is 175 g/mol. The minimum atomic E-state index is -0.983. The number of allylic oxidation sites excluding steroid dienone is 1. The van der Waals surface area contributed by atoms with Gasteiger partial charge in [-0.25, -0.2) is 0 Å². The zero-order chi connectivity index (χ0) is 7.99. The fourth-order valence-electron chi connectivity index (χ4n) is 1.51. The minimum absolute atomic E-state index is 0.00945. The van der Waals surface area contributed by atoms with E-state index in [0.29, 0.717) is 0 Å². The predicted molar refractivity (Wildman–Crippen MR) is 50.5 cm³/mol. The lowest BCUT2D eigenvalue weighted by Crippen LogP contribution is -2.23. The molecule has 2 unspecified atom stereocenters. The number of hydrogen-bond acceptors (Lipinski definition) is 0. The monoisotopic (exact) mass is 174 g/mol. The van der Waals surface area contributed by atoms with Gasteiger partial charge >= 0.3 is 0 Å². The summed E-state index contributed by atoms with van der Waals surface area (Å²) in [5, 5.41) is 0. The molecule has 58 valence electrons. The molecule has 0 N–H and O–H groups in total. The third kappa shape index (κ3) is 1.30. The molecule has 0 saturated heterocycles. The van der Waals surface area contributed by atoms with Gasteiger partial charge in [-0.3, -0.25) is 0 Å². The minimum Gasteiger partial charge on any atom is -0.115 e. The molecular formula is C8H15ClSi. The van der Waals surface area contributed by atoms with E-state index in [1.807, 2.05) is 6.08 Å².